The summed E-state index contributed by atoms with van der Waals surface area (Å²) in [6.07, 6.45) is 0. The number of aliphatic imine (C=N–C) groups is 1. The molecule has 1 aliphatic rings. The summed E-state index contributed by atoms with van der Waals surface area (Å²) in [6.45, 7) is 7.43. The normalized spacial score (nSPS) is 14.9. The van der Waals surface area contributed by atoms with Crippen LogP contribution < -0.4 is 5.32 Å². The van der Waals surface area contributed by atoms with Gasteiger partial charge in [0.25, 0.3) is 5.91 Å². The van der Waals surface area contributed by atoms with Crippen molar-refractivity contribution in [2.24, 2.45) is 4.99 Å². The minimum absolute atomic E-state index is 0.174. The fourth-order valence-corrected chi connectivity index (χ4v) is 3.94. The van der Waals surface area contributed by atoms with Crippen LogP contribution in [0, 0.1) is 19.7 Å². The lowest BCUT2D eigenvalue weighted by atomic mass is 10.1. The van der Waals surface area contributed by atoms with Crippen molar-refractivity contribution in [3.05, 3.63) is 101 Å². The van der Waals surface area contributed by atoms with Crippen LogP contribution >= 0.6 is 0 Å². The van der Waals surface area contributed by atoms with Crippen LogP contribution in [0.25, 0.3) is 0 Å². The molecule has 33 heavy (non-hydrogen) atoms. The molecule has 170 valence electrons. The van der Waals surface area contributed by atoms with E-state index in [9.17, 15) is 9.18 Å². The van der Waals surface area contributed by atoms with Gasteiger partial charge in [0.2, 0.25) is 5.96 Å². The summed E-state index contributed by atoms with van der Waals surface area (Å²) in [5.41, 5.74) is 4.23. The number of piperazine rings is 1. The molecular formula is C27H29FN4O. The number of nitrogens with one attached hydrogen (secondary N) is 1. The number of carbonyl (C=O) groups is 1. The maximum Gasteiger partial charge on any atom is 0.257 e. The number of nitrogens with zero attached hydrogens (tertiary/aromatic N) is 3. The Morgan fingerprint density at radius 3 is 2.30 bits per heavy atom. The Morgan fingerprint density at radius 2 is 1.61 bits per heavy atom. The van der Waals surface area contributed by atoms with Gasteiger partial charge in [0.1, 0.15) is 5.82 Å². The van der Waals surface area contributed by atoms with Crippen molar-refractivity contribution in [1.29, 1.82) is 0 Å². The van der Waals surface area contributed by atoms with Crippen molar-refractivity contribution in [1.82, 2.24) is 15.1 Å². The highest BCUT2D eigenvalue weighted by molar-refractivity contribution is 6.06. The van der Waals surface area contributed by atoms with Crippen LogP contribution in [-0.4, -0.2) is 47.8 Å². The molecule has 0 aromatic heterocycles. The molecule has 1 amide bonds. The lowest BCUT2D eigenvalue weighted by molar-refractivity contribution is 0.0967. The molecule has 1 N–H and O–H groups in total. The number of carbonyl (C=O) groups excluding carboxylic acids is 1. The zero-order valence-corrected chi connectivity index (χ0v) is 19.1. The zero-order valence-electron chi connectivity index (χ0n) is 19.1. The van der Waals surface area contributed by atoms with E-state index in [4.69, 9.17) is 4.99 Å². The molecule has 0 spiro atoms. The molecule has 4 rings (SSSR count). The summed E-state index contributed by atoms with van der Waals surface area (Å²) >= 11 is 0. The van der Waals surface area contributed by atoms with Crippen molar-refractivity contribution in [3.63, 3.8) is 0 Å². The Bertz CT molecular complexity index is 1150. The molecule has 1 aliphatic heterocycles. The van der Waals surface area contributed by atoms with Crippen LogP contribution in [0.5, 0.6) is 0 Å². The van der Waals surface area contributed by atoms with Gasteiger partial charge in [-0.2, -0.15) is 0 Å². The second kappa shape index (κ2) is 10.4. The van der Waals surface area contributed by atoms with Gasteiger partial charge in [-0.05, 0) is 49.7 Å². The third-order valence-electron chi connectivity index (χ3n) is 5.77. The standard InChI is InChI=1S/C27H29FN4O/c1-20-7-5-10-22(17-20)26(33)30-27(29-24-11-6-8-21(2)18-24)32-15-13-31(14-16-32)19-23-9-3-4-12-25(23)28/h3-12,17-18H,13-16,19H2,1-2H3,(H,29,30,33). The highest BCUT2D eigenvalue weighted by atomic mass is 19.1. The summed E-state index contributed by atoms with van der Waals surface area (Å²) in [4.78, 5) is 22.1. The molecule has 0 atom stereocenters. The smallest absolute Gasteiger partial charge is 0.257 e. The Labute approximate surface area is 194 Å². The molecule has 5 nitrogen and oxygen atoms in total. The first kappa shape index (κ1) is 22.7. The van der Waals surface area contributed by atoms with Crippen LogP contribution in [0.1, 0.15) is 27.0 Å². The molecule has 6 heteroatoms. The molecule has 0 aliphatic carbocycles. The van der Waals surface area contributed by atoms with Crippen LogP contribution in [-0.2, 0) is 6.54 Å². The number of aryl methyl sites for hydroxylation is 2. The minimum Gasteiger partial charge on any atom is -0.340 e. The molecule has 3 aromatic rings. The van der Waals surface area contributed by atoms with E-state index in [0.29, 0.717) is 36.7 Å². The fraction of sp³-hybridized carbons (Fsp3) is 0.259. The molecule has 0 bridgehead atoms. The Hall–Kier alpha value is -3.51. The van der Waals surface area contributed by atoms with Crippen molar-refractivity contribution in [2.75, 3.05) is 26.2 Å². The van der Waals surface area contributed by atoms with Gasteiger partial charge in [-0.25, -0.2) is 9.38 Å². The topological polar surface area (TPSA) is 47.9 Å². The first-order valence-corrected chi connectivity index (χ1v) is 11.2. The van der Waals surface area contributed by atoms with E-state index >= 15 is 0 Å². The number of guanidine groups is 1. The van der Waals surface area contributed by atoms with Crippen LogP contribution in [0.2, 0.25) is 0 Å². The van der Waals surface area contributed by atoms with E-state index in [0.717, 1.165) is 29.9 Å². The number of rotatable bonds is 4. The highest BCUT2D eigenvalue weighted by Crippen LogP contribution is 2.16. The van der Waals surface area contributed by atoms with Gasteiger partial charge in [-0.3, -0.25) is 15.0 Å². The summed E-state index contributed by atoms with van der Waals surface area (Å²) < 4.78 is 14.1. The van der Waals surface area contributed by atoms with Crippen LogP contribution in [0.15, 0.2) is 77.8 Å². The third-order valence-corrected chi connectivity index (χ3v) is 5.77. The first-order valence-electron chi connectivity index (χ1n) is 11.2. The number of amides is 1. The average molecular weight is 445 g/mol. The van der Waals surface area contributed by atoms with E-state index in [1.807, 2.05) is 68.4 Å². The predicted molar refractivity (Wildman–Crippen MR) is 130 cm³/mol. The zero-order chi connectivity index (χ0) is 23.2. The molecule has 1 fully saturated rings. The van der Waals surface area contributed by atoms with Crippen LogP contribution in [0.3, 0.4) is 0 Å². The van der Waals surface area contributed by atoms with Gasteiger partial charge >= 0.3 is 0 Å². The summed E-state index contributed by atoms with van der Waals surface area (Å²) in [7, 11) is 0. The average Bonchev–Trinajstić information content (AvgIpc) is 2.81. The van der Waals surface area contributed by atoms with Gasteiger partial charge < -0.3 is 4.90 Å². The quantitative estimate of drug-likeness (QED) is 0.470. The van der Waals surface area contributed by atoms with Gasteiger partial charge in [0.05, 0.1) is 5.69 Å². The van der Waals surface area contributed by atoms with Crippen molar-refractivity contribution in [2.45, 2.75) is 20.4 Å². The third kappa shape index (κ3) is 6.05. The van der Waals surface area contributed by atoms with E-state index in [1.54, 1.807) is 12.1 Å². The molecule has 0 unspecified atom stereocenters. The number of hydrogen-bond donors (Lipinski definition) is 1. The summed E-state index contributed by atoms with van der Waals surface area (Å²) in [5.74, 6) is 0.184. The van der Waals surface area contributed by atoms with E-state index in [2.05, 4.69) is 15.1 Å². The second-order valence-corrected chi connectivity index (χ2v) is 8.45. The Morgan fingerprint density at radius 1 is 0.909 bits per heavy atom. The highest BCUT2D eigenvalue weighted by Gasteiger charge is 2.22. The van der Waals surface area contributed by atoms with Crippen molar-refractivity contribution in [3.8, 4) is 0 Å². The second-order valence-electron chi connectivity index (χ2n) is 8.45. The lowest BCUT2D eigenvalue weighted by Gasteiger charge is -2.36. The molecule has 0 radical (unpaired) electrons. The van der Waals surface area contributed by atoms with Gasteiger partial charge in [-0.1, -0.05) is 48.0 Å². The largest absolute Gasteiger partial charge is 0.340 e. The predicted octanol–water partition coefficient (Wildman–Crippen LogP) is 4.68. The first-order chi connectivity index (χ1) is 16.0. The van der Waals surface area contributed by atoms with E-state index in [1.165, 1.54) is 6.07 Å². The monoisotopic (exact) mass is 444 g/mol. The molecule has 1 heterocycles. The number of hydrogen-bond acceptors (Lipinski definition) is 3. The number of benzene rings is 3. The van der Waals surface area contributed by atoms with E-state index in [-0.39, 0.29) is 11.7 Å². The van der Waals surface area contributed by atoms with Crippen molar-refractivity contribution >= 4 is 17.6 Å². The molecule has 3 aromatic carbocycles. The molecule has 0 saturated carbocycles. The Kier molecular flexibility index (Phi) is 7.15. The van der Waals surface area contributed by atoms with Crippen LogP contribution in [0.4, 0.5) is 10.1 Å². The van der Waals surface area contributed by atoms with Gasteiger partial charge in [-0.15, -0.1) is 0 Å². The maximum absolute atomic E-state index is 14.1. The van der Waals surface area contributed by atoms with E-state index < -0.39 is 0 Å². The lowest BCUT2D eigenvalue weighted by Crippen LogP contribution is -2.53. The SMILES string of the molecule is Cc1cccc(N=C(NC(=O)c2cccc(C)c2)N2CCN(Cc3ccccc3F)CC2)c1. The molecule has 1 saturated heterocycles. The Balaban J connectivity index is 1.50. The summed E-state index contributed by atoms with van der Waals surface area (Å²) in [6, 6.07) is 22.3. The summed E-state index contributed by atoms with van der Waals surface area (Å²) in [5, 5.41) is 3.03. The van der Waals surface area contributed by atoms with Gasteiger partial charge in [0.15, 0.2) is 0 Å². The molecular weight excluding hydrogens is 415 g/mol. The number of halogens is 1. The van der Waals surface area contributed by atoms with Gasteiger partial charge in [0, 0.05) is 43.9 Å². The fourth-order valence-electron chi connectivity index (χ4n) is 3.94. The maximum atomic E-state index is 14.1. The van der Waals surface area contributed by atoms with Crippen molar-refractivity contribution < 1.29 is 9.18 Å². The minimum atomic E-state index is -0.182.